The first-order valence-electron chi connectivity index (χ1n) is 6.81. The number of hydrogen-bond donors (Lipinski definition) is 1. The van der Waals surface area contributed by atoms with E-state index < -0.39 is 0 Å². The Morgan fingerprint density at radius 3 is 2.78 bits per heavy atom. The van der Waals surface area contributed by atoms with Gasteiger partial charge in [-0.2, -0.15) is 5.10 Å². The second-order valence-corrected chi connectivity index (χ2v) is 4.87. The first kappa shape index (κ1) is 12.9. The zero-order valence-electron chi connectivity index (χ0n) is 11.2. The second-order valence-electron chi connectivity index (χ2n) is 4.87. The SMILES string of the molecule is CCCCN(C(=O)c1nn(CC)cc1N)C1CC1. The number of nitrogens with two attached hydrogens (primary N) is 1. The number of unbranched alkanes of at least 4 members (excludes halogenated alkanes) is 1. The van der Waals surface area contributed by atoms with Gasteiger partial charge in [0.05, 0.1) is 5.69 Å². The van der Waals surface area contributed by atoms with Gasteiger partial charge in [-0.05, 0) is 26.2 Å². The lowest BCUT2D eigenvalue weighted by Gasteiger charge is -2.21. The summed E-state index contributed by atoms with van der Waals surface area (Å²) in [7, 11) is 0. The molecule has 1 aliphatic carbocycles. The van der Waals surface area contributed by atoms with Crippen molar-refractivity contribution >= 4 is 11.6 Å². The van der Waals surface area contributed by atoms with E-state index in [0.717, 1.165) is 38.8 Å². The van der Waals surface area contributed by atoms with Crippen molar-refractivity contribution in [2.24, 2.45) is 0 Å². The number of nitrogen functional groups attached to an aromatic ring is 1. The van der Waals surface area contributed by atoms with E-state index in [1.807, 2.05) is 11.8 Å². The summed E-state index contributed by atoms with van der Waals surface area (Å²) in [5.74, 6) is -0.00403. The van der Waals surface area contributed by atoms with Crippen LogP contribution in [0.3, 0.4) is 0 Å². The molecule has 1 aliphatic rings. The van der Waals surface area contributed by atoms with Crippen molar-refractivity contribution in [2.75, 3.05) is 12.3 Å². The third kappa shape index (κ3) is 2.66. The number of aromatic nitrogens is 2. The fraction of sp³-hybridized carbons (Fsp3) is 0.692. The zero-order valence-corrected chi connectivity index (χ0v) is 11.2. The van der Waals surface area contributed by atoms with Crippen LogP contribution in [0.2, 0.25) is 0 Å². The topological polar surface area (TPSA) is 64.2 Å². The summed E-state index contributed by atoms with van der Waals surface area (Å²) in [5.41, 5.74) is 6.78. The molecule has 2 rings (SSSR count). The molecule has 0 saturated heterocycles. The lowest BCUT2D eigenvalue weighted by molar-refractivity contribution is 0.0735. The van der Waals surface area contributed by atoms with Crippen LogP contribution < -0.4 is 5.73 Å². The highest BCUT2D eigenvalue weighted by Crippen LogP contribution is 2.29. The van der Waals surface area contributed by atoms with Crippen LogP contribution in [0.4, 0.5) is 5.69 Å². The van der Waals surface area contributed by atoms with E-state index >= 15 is 0 Å². The molecule has 0 radical (unpaired) electrons. The number of carbonyl (C=O) groups is 1. The van der Waals surface area contributed by atoms with E-state index in [1.165, 1.54) is 0 Å². The van der Waals surface area contributed by atoms with Gasteiger partial charge in [-0.25, -0.2) is 0 Å². The highest BCUT2D eigenvalue weighted by atomic mass is 16.2. The van der Waals surface area contributed by atoms with Gasteiger partial charge in [-0.15, -0.1) is 0 Å². The Balaban J connectivity index is 2.13. The number of anilines is 1. The van der Waals surface area contributed by atoms with Crippen LogP contribution in [0.25, 0.3) is 0 Å². The van der Waals surface area contributed by atoms with Crippen LogP contribution in [0.5, 0.6) is 0 Å². The lowest BCUT2D eigenvalue weighted by atomic mass is 10.2. The molecule has 1 aromatic heterocycles. The van der Waals surface area contributed by atoms with Gasteiger partial charge >= 0.3 is 0 Å². The van der Waals surface area contributed by atoms with E-state index in [-0.39, 0.29) is 5.91 Å². The van der Waals surface area contributed by atoms with Crippen molar-refractivity contribution in [2.45, 2.75) is 52.1 Å². The molecule has 1 amide bonds. The number of hydrogen-bond acceptors (Lipinski definition) is 3. The lowest BCUT2D eigenvalue weighted by Crippen LogP contribution is -2.34. The molecular formula is C13H22N4O. The Morgan fingerprint density at radius 2 is 2.28 bits per heavy atom. The van der Waals surface area contributed by atoms with Gasteiger partial charge in [0.25, 0.3) is 5.91 Å². The van der Waals surface area contributed by atoms with Crippen molar-refractivity contribution in [1.82, 2.24) is 14.7 Å². The average Bonchev–Trinajstić information content (AvgIpc) is 3.12. The number of aryl methyl sites for hydroxylation is 1. The first-order valence-corrected chi connectivity index (χ1v) is 6.81. The first-order chi connectivity index (χ1) is 8.67. The highest BCUT2D eigenvalue weighted by Gasteiger charge is 2.34. The predicted molar refractivity (Wildman–Crippen MR) is 71.3 cm³/mol. The van der Waals surface area contributed by atoms with Gasteiger partial charge in [0, 0.05) is 25.3 Å². The van der Waals surface area contributed by atoms with Gasteiger partial charge in [0.1, 0.15) is 0 Å². The molecule has 18 heavy (non-hydrogen) atoms. The molecule has 0 atom stereocenters. The Morgan fingerprint density at radius 1 is 1.56 bits per heavy atom. The summed E-state index contributed by atoms with van der Waals surface area (Å²) < 4.78 is 1.72. The summed E-state index contributed by atoms with van der Waals surface area (Å²) in [6.07, 6.45) is 6.10. The molecule has 1 saturated carbocycles. The van der Waals surface area contributed by atoms with Gasteiger partial charge in [-0.1, -0.05) is 13.3 Å². The van der Waals surface area contributed by atoms with E-state index in [4.69, 9.17) is 5.73 Å². The average molecular weight is 250 g/mol. The molecule has 0 aliphatic heterocycles. The molecule has 5 nitrogen and oxygen atoms in total. The molecule has 100 valence electrons. The Kier molecular flexibility index (Phi) is 3.89. The van der Waals surface area contributed by atoms with Crippen LogP contribution in [0.1, 0.15) is 50.0 Å². The molecule has 5 heteroatoms. The molecule has 0 bridgehead atoms. The summed E-state index contributed by atoms with van der Waals surface area (Å²) >= 11 is 0. The minimum atomic E-state index is -0.00403. The Labute approximate surface area is 108 Å². The van der Waals surface area contributed by atoms with Crippen molar-refractivity contribution in [3.8, 4) is 0 Å². The monoisotopic (exact) mass is 250 g/mol. The normalized spacial score (nSPS) is 14.8. The van der Waals surface area contributed by atoms with Gasteiger partial charge in [-0.3, -0.25) is 9.48 Å². The zero-order chi connectivity index (χ0) is 13.1. The fourth-order valence-corrected chi connectivity index (χ4v) is 2.07. The summed E-state index contributed by atoms with van der Waals surface area (Å²) in [6, 6.07) is 0.412. The van der Waals surface area contributed by atoms with Crippen LogP contribution in [-0.2, 0) is 6.54 Å². The largest absolute Gasteiger partial charge is 0.396 e. The maximum Gasteiger partial charge on any atom is 0.276 e. The molecule has 0 aromatic carbocycles. The highest BCUT2D eigenvalue weighted by molar-refractivity contribution is 5.97. The predicted octanol–water partition coefficient (Wildman–Crippen LogP) is 1.89. The quantitative estimate of drug-likeness (QED) is 0.838. The molecule has 1 heterocycles. The summed E-state index contributed by atoms with van der Waals surface area (Å²) in [4.78, 5) is 14.4. The maximum atomic E-state index is 12.5. The van der Waals surface area contributed by atoms with Crippen molar-refractivity contribution < 1.29 is 4.79 Å². The van der Waals surface area contributed by atoms with Gasteiger partial charge in [0.15, 0.2) is 5.69 Å². The number of nitrogens with zero attached hydrogens (tertiary/aromatic N) is 3. The smallest absolute Gasteiger partial charge is 0.276 e. The third-order valence-corrected chi connectivity index (χ3v) is 3.32. The molecule has 0 spiro atoms. The molecule has 1 fully saturated rings. The van der Waals surface area contributed by atoms with Crippen LogP contribution >= 0.6 is 0 Å². The van der Waals surface area contributed by atoms with Crippen LogP contribution in [-0.4, -0.2) is 33.2 Å². The molecule has 1 aromatic rings. The number of carbonyl (C=O) groups excluding carboxylic acids is 1. The van der Waals surface area contributed by atoms with Crippen molar-refractivity contribution in [1.29, 1.82) is 0 Å². The van der Waals surface area contributed by atoms with Gasteiger partial charge < -0.3 is 10.6 Å². The Bertz CT molecular complexity index is 423. The van der Waals surface area contributed by atoms with Crippen molar-refractivity contribution in [3.05, 3.63) is 11.9 Å². The molecular weight excluding hydrogens is 228 g/mol. The van der Waals surface area contributed by atoms with Crippen LogP contribution in [0, 0.1) is 0 Å². The maximum absolute atomic E-state index is 12.5. The third-order valence-electron chi connectivity index (χ3n) is 3.32. The standard InChI is InChI=1S/C13H22N4O/c1-3-5-8-17(10-6-7-10)13(18)12-11(14)9-16(4-2)15-12/h9-10H,3-8,14H2,1-2H3. The van der Waals surface area contributed by atoms with Crippen molar-refractivity contribution in [3.63, 3.8) is 0 Å². The number of amides is 1. The van der Waals surface area contributed by atoms with Crippen LogP contribution in [0.15, 0.2) is 6.20 Å². The van der Waals surface area contributed by atoms with E-state index in [9.17, 15) is 4.79 Å². The van der Waals surface area contributed by atoms with E-state index in [2.05, 4.69) is 12.0 Å². The second kappa shape index (κ2) is 5.42. The van der Waals surface area contributed by atoms with Gasteiger partial charge in [0.2, 0.25) is 0 Å². The minimum Gasteiger partial charge on any atom is -0.396 e. The summed E-state index contributed by atoms with van der Waals surface area (Å²) in [5, 5.41) is 4.27. The summed E-state index contributed by atoms with van der Waals surface area (Å²) in [6.45, 7) is 5.67. The molecule has 2 N–H and O–H groups in total. The Hall–Kier alpha value is -1.52. The molecule has 0 unspecified atom stereocenters. The number of rotatable bonds is 6. The van der Waals surface area contributed by atoms with E-state index in [0.29, 0.717) is 17.4 Å². The minimum absolute atomic E-state index is 0.00403. The van der Waals surface area contributed by atoms with E-state index in [1.54, 1.807) is 10.9 Å². The fourth-order valence-electron chi connectivity index (χ4n) is 2.07.